The van der Waals surface area contributed by atoms with Gasteiger partial charge in [-0.25, -0.2) is 22.8 Å². The molecule has 0 amide bonds. The van der Waals surface area contributed by atoms with Crippen molar-refractivity contribution in [1.29, 1.82) is 0 Å². The molecule has 0 bridgehead atoms. The summed E-state index contributed by atoms with van der Waals surface area (Å²) >= 11 is 0. The summed E-state index contributed by atoms with van der Waals surface area (Å²) < 4.78 is 0. The maximum atomic E-state index is 6.63. The van der Waals surface area contributed by atoms with E-state index in [4.69, 9.17) is 13.1 Å². The monoisotopic (exact) mass is 122 g/mol. The van der Waals surface area contributed by atoms with Crippen LogP contribution < -0.4 is 0 Å². The number of nitrogens with zero attached hydrogens (tertiary/aromatic N) is 2. The van der Waals surface area contributed by atoms with Crippen molar-refractivity contribution in [2.75, 3.05) is 0 Å². The van der Waals surface area contributed by atoms with Crippen LogP contribution in [-0.4, -0.2) is 6.17 Å². The molecule has 0 saturated heterocycles. The van der Waals surface area contributed by atoms with Crippen LogP contribution in [0.25, 0.3) is 9.69 Å². The Kier molecular flexibility index (Phi) is 2.22. The summed E-state index contributed by atoms with van der Waals surface area (Å²) in [7, 11) is 0. The highest BCUT2D eigenvalue weighted by Crippen LogP contribution is 2.22. The van der Waals surface area contributed by atoms with Gasteiger partial charge in [-0.1, -0.05) is 0 Å². The SMILES string of the molecule is [C-]#[N+]C([N+]#[C-])C(C)(C)C. The summed E-state index contributed by atoms with van der Waals surface area (Å²) in [6, 6.07) is 0. The van der Waals surface area contributed by atoms with Gasteiger partial charge in [-0.05, 0) is 20.8 Å². The van der Waals surface area contributed by atoms with Gasteiger partial charge in [0.1, 0.15) is 5.41 Å². The molecule has 0 heterocycles. The second kappa shape index (κ2) is 2.51. The first-order valence-corrected chi connectivity index (χ1v) is 2.75. The van der Waals surface area contributed by atoms with Crippen molar-refractivity contribution in [3.63, 3.8) is 0 Å². The first-order chi connectivity index (χ1) is 4.02. The van der Waals surface area contributed by atoms with E-state index in [1.54, 1.807) is 0 Å². The van der Waals surface area contributed by atoms with Crippen LogP contribution >= 0.6 is 0 Å². The van der Waals surface area contributed by atoms with E-state index < -0.39 is 6.17 Å². The topological polar surface area (TPSA) is 8.72 Å². The Morgan fingerprint density at radius 1 is 1.11 bits per heavy atom. The largest absolute Gasteiger partial charge is 0.479 e. The molecular formula is C7H10N2. The van der Waals surface area contributed by atoms with Crippen molar-refractivity contribution < 1.29 is 0 Å². The third-order valence-corrected chi connectivity index (χ3v) is 1.02. The average molecular weight is 122 g/mol. The van der Waals surface area contributed by atoms with Gasteiger partial charge in [0.05, 0.1) is 0 Å². The molecular weight excluding hydrogens is 112 g/mol. The lowest BCUT2D eigenvalue weighted by atomic mass is 9.93. The Morgan fingerprint density at radius 3 is 1.44 bits per heavy atom. The van der Waals surface area contributed by atoms with Gasteiger partial charge in [-0.15, -0.1) is 0 Å². The number of hydrogen-bond donors (Lipinski definition) is 0. The van der Waals surface area contributed by atoms with Gasteiger partial charge in [0.2, 0.25) is 0 Å². The second-order valence-corrected chi connectivity index (χ2v) is 3.00. The molecule has 0 saturated carbocycles. The molecule has 0 unspecified atom stereocenters. The normalized spacial score (nSPS) is 10.4. The minimum absolute atomic E-state index is 0.191. The van der Waals surface area contributed by atoms with E-state index in [2.05, 4.69) is 9.69 Å². The van der Waals surface area contributed by atoms with Gasteiger partial charge in [-0.2, -0.15) is 0 Å². The van der Waals surface area contributed by atoms with E-state index in [1.807, 2.05) is 20.8 Å². The van der Waals surface area contributed by atoms with Crippen LogP contribution in [0.4, 0.5) is 0 Å². The minimum Gasteiger partial charge on any atom is -0.233 e. The highest BCUT2D eigenvalue weighted by Gasteiger charge is 2.34. The van der Waals surface area contributed by atoms with Crippen molar-refractivity contribution >= 4 is 0 Å². The molecule has 0 N–H and O–H groups in total. The molecule has 0 aliphatic heterocycles. The summed E-state index contributed by atoms with van der Waals surface area (Å²) in [6.45, 7) is 18.9. The summed E-state index contributed by atoms with van der Waals surface area (Å²) in [5.74, 6) is 0. The smallest absolute Gasteiger partial charge is 0.233 e. The molecule has 0 rings (SSSR count). The Hall–Kier alpha value is -1.02. The second-order valence-electron chi connectivity index (χ2n) is 3.00. The fraction of sp³-hybridized carbons (Fsp3) is 0.714. The zero-order valence-corrected chi connectivity index (χ0v) is 5.97. The van der Waals surface area contributed by atoms with Crippen LogP contribution in [0.5, 0.6) is 0 Å². The number of rotatable bonds is 0. The predicted molar refractivity (Wildman–Crippen MR) is 36.4 cm³/mol. The van der Waals surface area contributed by atoms with Crippen LogP contribution in [0.1, 0.15) is 20.8 Å². The van der Waals surface area contributed by atoms with Crippen LogP contribution in [0.3, 0.4) is 0 Å². The molecule has 0 aromatic rings. The van der Waals surface area contributed by atoms with Gasteiger partial charge >= 0.3 is 6.17 Å². The molecule has 0 radical (unpaired) electrons. The van der Waals surface area contributed by atoms with E-state index >= 15 is 0 Å². The van der Waals surface area contributed by atoms with E-state index in [-0.39, 0.29) is 5.41 Å². The Morgan fingerprint density at radius 2 is 1.44 bits per heavy atom. The van der Waals surface area contributed by atoms with Crippen LogP contribution in [0, 0.1) is 18.6 Å². The van der Waals surface area contributed by atoms with Crippen molar-refractivity contribution in [3.05, 3.63) is 22.8 Å². The molecule has 0 fully saturated rings. The maximum absolute atomic E-state index is 6.63. The molecule has 0 spiro atoms. The van der Waals surface area contributed by atoms with Crippen LogP contribution in [0.2, 0.25) is 0 Å². The molecule has 0 aliphatic rings. The Bertz CT molecular complexity index is 149. The molecule has 0 aliphatic carbocycles. The standard InChI is InChI=1S/C7H10N2/c1-7(2,3)6(8-4)9-5/h6H,1-3H3. The maximum Gasteiger partial charge on any atom is 0.479 e. The Balaban J connectivity index is 4.23. The zero-order chi connectivity index (χ0) is 7.49. The van der Waals surface area contributed by atoms with Gasteiger partial charge in [0, 0.05) is 0 Å². The Labute approximate surface area is 56.1 Å². The zero-order valence-electron chi connectivity index (χ0n) is 5.97. The minimum atomic E-state index is -0.516. The third-order valence-electron chi connectivity index (χ3n) is 1.02. The summed E-state index contributed by atoms with van der Waals surface area (Å²) in [5.41, 5.74) is -0.191. The van der Waals surface area contributed by atoms with Gasteiger partial charge in [0.25, 0.3) is 0 Å². The van der Waals surface area contributed by atoms with Crippen LogP contribution in [-0.2, 0) is 0 Å². The first kappa shape index (κ1) is 7.98. The highest BCUT2D eigenvalue weighted by atomic mass is 15.0. The van der Waals surface area contributed by atoms with Crippen molar-refractivity contribution in [3.8, 4) is 0 Å². The fourth-order valence-corrected chi connectivity index (χ4v) is 0.416. The van der Waals surface area contributed by atoms with E-state index in [1.165, 1.54) is 0 Å². The molecule has 0 aromatic carbocycles. The predicted octanol–water partition coefficient (Wildman–Crippen LogP) is 2.20. The lowest BCUT2D eigenvalue weighted by Gasteiger charge is -2.08. The molecule has 0 aromatic heterocycles. The number of hydrogen-bond acceptors (Lipinski definition) is 0. The third kappa shape index (κ3) is 2.15. The lowest BCUT2D eigenvalue weighted by molar-refractivity contribution is 0.398. The van der Waals surface area contributed by atoms with Crippen molar-refractivity contribution in [2.24, 2.45) is 5.41 Å². The van der Waals surface area contributed by atoms with E-state index in [9.17, 15) is 0 Å². The van der Waals surface area contributed by atoms with Gasteiger partial charge in [0.15, 0.2) is 0 Å². The highest BCUT2D eigenvalue weighted by molar-refractivity contribution is 4.95. The molecule has 9 heavy (non-hydrogen) atoms. The van der Waals surface area contributed by atoms with Gasteiger partial charge < -0.3 is 0 Å². The van der Waals surface area contributed by atoms with Crippen molar-refractivity contribution in [2.45, 2.75) is 26.9 Å². The van der Waals surface area contributed by atoms with E-state index in [0.717, 1.165) is 0 Å². The molecule has 0 atom stereocenters. The quantitative estimate of drug-likeness (QED) is 0.435. The molecule has 2 heteroatoms. The lowest BCUT2D eigenvalue weighted by Crippen LogP contribution is -2.18. The summed E-state index contributed by atoms with van der Waals surface area (Å²) in [6.07, 6.45) is -0.516. The summed E-state index contributed by atoms with van der Waals surface area (Å²) in [5, 5.41) is 0. The van der Waals surface area contributed by atoms with E-state index in [0.29, 0.717) is 0 Å². The van der Waals surface area contributed by atoms with Crippen LogP contribution in [0.15, 0.2) is 0 Å². The molecule has 2 nitrogen and oxygen atoms in total. The average Bonchev–Trinajstić information content (AvgIpc) is 1.65. The van der Waals surface area contributed by atoms with Gasteiger partial charge in [-0.3, -0.25) is 0 Å². The molecule has 48 valence electrons. The summed E-state index contributed by atoms with van der Waals surface area (Å²) in [4.78, 5) is 6.35. The first-order valence-electron chi connectivity index (χ1n) is 2.75. The van der Waals surface area contributed by atoms with Crippen molar-refractivity contribution in [1.82, 2.24) is 0 Å². The fourth-order valence-electron chi connectivity index (χ4n) is 0.416.